The standard InChI is InChI=1S/C10H14N2O4/c1-16-8(14)5-11-7(13)4-12-9(15)10-2-6(10)3-10/h6H,2-5H2,1H3,(H,11,13)(H,12,15). The Morgan fingerprint density at radius 2 is 1.88 bits per heavy atom. The van der Waals surface area contributed by atoms with Gasteiger partial charge in [-0.05, 0) is 18.8 Å². The van der Waals surface area contributed by atoms with Crippen molar-refractivity contribution in [1.82, 2.24) is 10.6 Å². The number of carbonyl (C=O) groups is 3. The van der Waals surface area contributed by atoms with Crippen LogP contribution in [-0.4, -0.2) is 38.0 Å². The number of amides is 2. The molecule has 0 bridgehead atoms. The highest BCUT2D eigenvalue weighted by Crippen LogP contribution is 2.75. The van der Waals surface area contributed by atoms with Gasteiger partial charge in [0, 0.05) is 0 Å². The van der Waals surface area contributed by atoms with E-state index in [4.69, 9.17) is 0 Å². The molecule has 2 aliphatic rings. The first-order valence-electron chi connectivity index (χ1n) is 5.20. The molecule has 2 amide bonds. The van der Waals surface area contributed by atoms with E-state index in [1.165, 1.54) is 7.11 Å². The van der Waals surface area contributed by atoms with E-state index < -0.39 is 5.97 Å². The number of hydrogen-bond donors (Lipinski definition) is 2. The number of methoxy groups -OCH3 is 1. The fourth-order valence-electron chi connectivity index (χ4n) is 1.71. The highest BCUT2D eigenvalue weighted by molar-refractivity contribution is 5.93. The zero-order valence-electron chi connectivity index (χ0n) is 9.04. The van der Waals surface area contributed by atoms with E-state index in [-0.39, 0.29) is 30.3 Å². The van der Waals surface area contributed by atoms with Gasteiger partial charge in [0.25, 0.3) is 0 Å². The van der Waals surface area contributed by atoms with E-state index in [1.54, 1.807) is 0 Å². The molecule has 88 valence electrons. The Bertz CT molecular complexity index is 347. The maximum atomic E-state index is 11.5. The SMILES string of the molecule is COC(=O)CNC(=O)CNC(=O)C12CC1C2. The zero-order chi connectivity index (χ0) is 11.8. The molecule has 6 heteroatoms. The average Bonchev–Trinajstić information content (AvgIpc) is 3.10. The lowest BCUT2D eigenvalue weighted by molar-refractivity contribution is -0.141. The van der Waals surface area contributed by atoms with Gasteiger partial charge < -0.3 is 15.4 Å². The van der Waals surface area contributed by atoms with Gasteiger partial charge in [0.05, 0.1) is 19.1 Å². The minimum Gasteiger partial charge on any atom is -0.468 e. The number of hydrogen-bond acceptors (Lipinski definition) is 4. The van der Waals surface area contributed by atoms with E-state index in [0.29, 0.717) is 5.92 Å². The van der Waals surface area contributed by atoms with Crippen molar-refractivity contribution in [2.24, 2.45) is 11.3 Å². The summed E-state index contributed by atoms with van der Waals surface area (Å²) in [4.78, 5) is 33.4. The molecule has 2 saturated carbocycles. The van der Waals surface area contributed by atoms with Crippen molar-refractivity contribution in [2.75, 3.05) is 20.2 Å². The van der Waals surface area contributed by atoms with E-state index in [1.807, 2.05) is 0 Å². The Balaban J connectivity index is 1.60. The second-order valence-electron chi connectivity index (χ2n) is 4.30. The van der Waals surface area contributed by atoms with Crippen LogP contribution in [0.4, 0.5) is 0 Å². The van der Waals surface area contributed by atoms with Crippen LogP contribution < -0.4 is 10.6 Å². The molecule has 16 heavy (non-hydrogen) atoms. The van der Waals surface area contributed by atoms with Gasteiger partial charge in [-0.25, -0.2) is 0 Å². The van der Waals surface area contributed by atoms with Gasteiger partial charge in [0.2, 0.25) is 11.8 Å². The maximum Gasteiger partial charge on any atom is 0.325 e. The molecule has 2 rings (SSSR count). The predicted molar refractivity (Wildman–Crippen MR) is 53.2 cm³/mol. The third kappa shape index (κ3) is 2.00. The van der Waals surface area contributed by atoms with Crippen LogP contribution in [0.25, 0.3) is 0 Å². The predicted octanol–water partition coefficient (Wildman–Crippen LogP) is -1.20. The Labute approximate surface area is 92.7 Å². The average molecular weight is 226 g/mol. The molecule has 2 aliphatic carbocycles. The van der Waals surface area contributed by atoms with Crippen molar-refractivity contribution in [3.63, 3.8) is 0 Å². The summed E-state index contributed by atoms with van der Waals surface area (Å²) in [5.41, 5.74) is -0.122. The zero-order valence-corrected chi connectivity index (χ0v) is 9.04. The van der Waals surface area contributed by atoms with Crippen LogP contribution in [0.5, 0.6) is 0 Å². The van der Waals surface area contributed by atoms with Crippen LogP contribution in [-0.2, 0) is 19.1 Å². The van der Waals surface area contributed by atoms with Gasteiger partial charge in [-0.3, -0.25) is 14.4 Å². The molecular formula is C10H14N2O4. The Kier molecular flexibility index (Phi) is 2.57. The van der Waals surface area contributed by atoms with Crippen molar-refractivity contribution in [3.05, 3.63) is 0 Å². The third-order valence-corrected chi connectivity index (χ3v) is 3.20. The lowest BCUT2D eigenvalue weighted by Crippen LogP contribution is -2.40. The number of carbonyl (C=O) groups excluding carboxylic acids is 3. The summed E-state index contributed by atoms with van der Waals surface area (Å²) >= 11 is 0. The number of rotatable bonds is 5. The highest BCUT2D eigenvalue weighted by Gasteiger charge is 2.74. The summed E-state index contributed by atoms with van der Waals surface area (Å²) in [6.45, 7) is -0.247. The lowest BCUT2D eigenvalue weighted by Gasteiger charge is -2.07. The summed E-state index contributed by atoms with van der Waals surface area (Å²) < 4.78 is 4.36. The van der Waals surface area contributed by atoms with E-state index in [9.17, 15) is 14.4 Å². The third-order valence-electron chi connectivity index (χ3n) is 3.20. The molecule has 0 saturated heterocycles. The molecule has 0 radical (unpaired) electrons. The Hall–Kier alpha value is -1.59. The first-order valence-corrected chi connectivity index (χ1v) is 5.20. The number of ether oxygens (including phenoxy) is 1. The Morgan fingerprint density at radius 3 is 2.38 bits per heavy atom. The highest BCUT2D eigenvalue weighted by atomic mass is 16.5. The van der Waals surface area contributed by atoms with E-state index in [0.717, 1.165) is 12.8 Å². The first-order chi connectivity index (χ1) is 7.58. The summed E-state index contributed by atoms with van der Waals surface area (Å²) in [6.07, 6.45) is 1.92. The molecule has 0 aromatic carbocycles. The van der Waals surface area contributed by atoms with Gasteiger partial charge in [-0.1, -0.05) is 0 Å². The Morgan fingerprint density at radius 1 is 1.25 bits per heavy atom. The van der Waals surface area contributed by atoms with Crippen LogP contribution >= 0.6 is 0 Å². The topological polar surface area (TPSA) is 84.5 Å². The van der Waals surface area contributed by atoms with Crippen LogP contribution in [0.2, 0.25) is 0 Å². The van der Waals surface area contributed by atoms with Crippen LogP contribution in [0.15, 0.2) is 0 Å². The van der Waals surface area contributed by atoms with Crippen molar-refractivity contribution in [1.29, 1.82) is 0 Å². The molecule has 6 nitrogen and oxygen atoms in total. The molecule has 0 spiro atoms. The fourth-order valence-corrected chi connectivity index (χ4v) is 1.71. The van der Waals surface area contributed by atoms with Gasteiger partial charge in [-0.15, -0.1) is 0 Å². The van der Waals surface area contributed by atoms with Gasteiger partial charge in [-0.2, -0.15) is 0 Å². The molecular weight excluding hydrogens is 212 g/mol. The van der Waals surface area contributed by atoms with Crippen LogP contribution in [0, 0.1) is 11.3 Å². The van der Waals surface area contributed by atoms with Crippen molar-refractivity contribution in [3.8, 4) is 0 Å². The van der Waals surface area contributed by atoms with Gasteiger partial charge in [0.15, 0.2) is 0 Å². The fraction of sp³-hybridized carbons (Fsp3) is 0.700. The minimum absolute atomic E-state index is 0.0364. The molecule has 0 unspecified atom stereocenters. The van der Waals surface area contributed by atoms with Crippen molar-refractivity contribution in [2.45, 2.75) is 12.8 Å². The molecule has 0 aromatic rings. The maximum absolute atomic E-state index is 11.5. The molecule has 0 atom stereocenters. The largest absolute Gasteiger partial charge is 0.468 e. The van der Waals surface area contributed by atoms with E-state index >= 15 is 0 Å². The number of nitrogens with one attached hydrogen (secondary N) is 2. The van der Waals surface area contributed by atoms with Gasteiger partial charge >= 0.3 is 5.97 Å². The van der Waals surface area contributed by atoms with Gasteiger partial charge in [0.1, 0.15) is 6.54 Å². The summed E-state index contributed by atoms with van der Waals surface area (Å²) in [7, 11) is 1.25. The van der Waals surface area contributed by atoms with Crippen LogP contribution in [0.3, 0.4) is 0 Å². The van der Waals surface area contributed by atoms with Crippen LogP contribution in [0.1, 0.15) is 12.8 Å². The molecule has 0 aromatic heterocycles. The number of fused-ring (bicyclic) bond motifs is 1. The van der Waals surface area contributed by atoms with Crippen molar-refractivity contribution >= 4 is 17.8 Å². The van der Waals surface area contributed by atoms with Crippen molar-refractivity contribution < 1.29 is 19.1 Å². The summed E-state index contributed by atoms with van der Waals surface area (Å²) in [6, 6.07) is 0. The quantitative estimate of drug-likeness (QED) is 0.577. The summed E-state index contributed by atoms with van der Waals surface area (Å²) in [5, 5.41) is 4.91. The second kappa shape index (κ2) is 3.77. The number of esters is 1. The molecule has 0 heterocycles. The first kappa shape index (κ1) is 10.9. The molecule has 2 fully saturated rings. The normalized spacial score (nSPS) is 28.7. The summed E-state index contributed by atoms with van der Waals surface area (Å²) in [5.74, 6) is -0.368. The lowest BCUT2D eigenvalue weighted by atomic mass is 10.2. The smallest absolute Gasteiger partial charge is 0.325 e. The second-order valence-corrected chi connectivity index (χ2v) is 4.30. The van der Waals surface area contributed by atoms with E-state index in [2.05, 4.69) is 15.4 Å². The molecule has 2 N–H and O–H groups in total. The monoisotopic (exact) mass is 226 g/mol. The molecule has 0 aliphatic heterocycles. The minimum atomic E-state index is -0.511.